The second-order valence-electron chi connectivity index (χ2n) is 4.80. The minimum absolute atomic E-state index is 0.105. The van der Waals surface area contributed by atoms with Gasteiger partial charge in [0.05, 0.1) is 23.4 Å². The van der Waals surface area contributed by atoms with E-state index in [4.69, 9.17) is 16.3 Å². The lowest BCUT2D eigenvalue weighted by atomic mass is 10.0. The van der Waals surface area contributed by atoms with Crippen LogP contribution < -0.4 is 0 Å². The predicted octanol–water partition coefficient (Wildman–Crippen LogP) is 4.27. The van der Waals surface area contributed by atoms with Crippen LogP contribution in [0.1, 0.15) is 17.3 Å². The van der Waals surface area contributed by atoms with Gasteiger partial charge in [-0.25, -0.2) is 19.2 Å². The molecule has 0 radical (unpaired) electrons. The highest BCUT2D eigenvalue weighted by atomic mass is 35.5. The first-order valence-electron chi connectivity index (χ1n) is 6.97. The van der Waals surface area contributed by atoms with Gasteiger partial charge in [-0.15, -0.1) is 0 Å². The summed E-state index contributed by atoms with van der Waals surface area (Å²) in [5.41, 5.74) is 1.68. The van der Waals surface area contributed by atoms with Crippen LogP contribution in [0, 0.1) is 5.82 Å². The van der Waals surface area contributed by atoms with E-state index in [1.807, 2.05) is 0 Å². The molecule has 0 unspecified atom stereocenters. The van der Waals surface area contributed by atoms with E-state index in [0.29, 0.717) is 27.2 Å². The van der Waals surface area contributed by atoms with E-state index in [-0.39, 0.29) is 12.2 Å². The van der Waals surface area contributed by atoms with Crippen molar-refractivity contribution < 1.29 is 13.9 Å². The minimum Gasteiger partial charge on any atom is -0.462 e. The molecule has 0 N–H and O–H groups in total. The van der Waals surface area contributed by atoms with E-state index in [9.17, 15) is 9.18 Å². The Bertz CT molecular complexity index is 899. The summed E-state index contributed by atoms with van der Waals surface area (Å²) >= 11 is 6.02. The van der Waals surface area contributed by atoms with Gasteiger partial charge in [-0.1, -0.05) is 17.7 Å². The van der Waals surface area contributed by atoms with Crippen LogP contribution in [0.15, 0.2) is 42.7 Å². The second-order valence-corrected chi connectivity index (χ2v) is 5.24. The lowest BCUT2D eigenvalue weighted by Gasteiger charge is -2.08. The number of carbonyl (C=O) groups is 1. The molecular formula is C17H12ClFN2O2. The Labute approximate surface area is 136 Å². The molecular weight excluding hydrogens is 319 g/mol. The first-order valence-corrected chi connectivity index (χ1v) is 7.35. The van der Waals surface area contributed by atoms with Gasteiger partial charge >= 0.3 is 5.97 Å². The number of hydrogen-bond donors (Lipinski definition) is 0. The highest BCUT2D eigenvalue weighted by Crippen LogP contribution is 2.28. The summed E-state index contributed by atoms with van der Waals surface area (Å²) in [6.07, 6.45) is 1.41. The molecule has 6 heteroatoms. The molecule has 4 nitrogen and oxygen atoms in total. The Morgan fingerprint density at radius 2 is 2.04 bits per heavy atom. The first-order chi connectivity index (χ1) is 11.1. The largest absolute Gasteiger partial charge is 0.462 e. The fourth-order valence-corrected chi connectivity index (χ4v) is 2.47. The summed E-state index contributed by atoms with van der Waals surface area (Å²) in [5, 5.41) is 1.25. The molecule has 1 heterocycles. The molecule has 1 aromatic heterocycles. The summed E-state index contributed by atoms with van der Waals surface area (Å²) in [5.74, 6) is -1.35. The Balaban J connectivity index is 2.11. The second kappa shape index (κ2) is 6.30. The van der Waals surface area contributed by atoms with E-state index in [2.05, 4.69) is 9.97 Å². The molecule has 3 aromatic rings. The number of fused-ring (bicyclic) bond motifs is 1. The van der Waals surface area contributed by atoms with E-state index in [0.717, 1.165) is 0 Å². The summed E-state index contributed by atoms with van der Waals surface area (Å²) in [6.45, 7) is 1.86. The fourth-order valence-electron chi connectivity index (χ4n) is 2.30. The molecule has 0 amide bonds. The molecule has 0 atom stereocenters. The zero-order valence-electron chi connectivity index (χ0n) is 12.2. The van der Waals surface area contributed by atoms with Gasteiger partial charge in [0, 0.05) is 16.0 Å². The van der Waals surface area contributed by atoms with Crippen molar-refractivity contribution in [2.24, 2.45) is 0 Å². The molecule has 3 rings (SSSR count). The summed E-state index contributed by atoms with van der Waals surface area (Å²) in [4.78, 5) is 20.0. The van der Waals surface area contributed by atoms with Gasteiger partial charge in [0.15, 0.2) is 0 Å². The highest BCUT2D eigenvalue weighted by Gasteiger charge is 2.15. The van der Waals surface area contributed by atoms with E-state index in [1.54, 1.807) is 31.2 Å². The summed E-state index contributed by atoms with van der Waals surface area (Å²) in [6, 6.07) is 9.49. The number of carbonyl (C=O) groups excluding carboxylic acids is 1. The van der Waals surface area contributed by atoms with Crippen molar-refractivity contribution in [2.45, 2.75) is 6.92 Å². The van der Waals surface area contributed by atoms with Gasteiger partial charge in [0.25, 0.3) is 0 Å². The average molecular weight is 331 g/mol. The van der Waals surface area contributed by atoms with Gasteiger partial charge < -0.3 is 4.74 Å². The van der Waals surface area contributed by atoms with E-state index >= 15 is 0 Å². The number of nitrogens with zero attached hydrogens (tertiary/aromatic N) is 2. The quantitative estimate of drug-likeness (QED) is 0.673. The zero-order chi connectivity index (χ0) is 16.4. The number of hydrogen-bond acceptors (Lipinski definition) is 4. The Hall–Kier alpha value is -2.53. The molecule has 0 aliphatic heterocycles. The van der Waals surface area contributed by atoms with Crippen LogP contribution in [0.25, 0.3) is 22.2 Å². The van der Waals surface area contributed by atoms with Crippen molar-refractivity contribution in [2.75, 3.05) is 6.61 Å². The topological polar surface area (TPSA) is 52.1 Å². The van der Waals surface area contributed by atoms with Crippen LogP contribution in [-0.2, 0) is 4.74 Å². The minimum atomic E-state index is -0.688. The molecule has 0 aliphatic carbocycles. The van der Waals surface area contributed by atoms with Gasteiger partial charge in [-0.05, 0) is 37.3 Å². The zero-order valence-corrected chi connectivity index (χ0v) is 13.0. The van der Waals surface area contributed by atoms with Crippen molar-refractivity contribution in [3.8, 4) is 11.3 Å². The number of aromatic nitrogens is 2. The van der Waals surface area contributed by atoms with E-state index < -0.39 is 11.8 Å². The van der Waals surface area contributed by atoms with Crippen LogP contribution >= 0.6 is 11.6 Å². The van der Waals surface area contributed by atoms with Crippen molar-refractivity contribution >= 4 is 28.5 Å². The molecule has 23 heavy (non-hydrogen) atoms. The van der Waals surface area contributed by atoms with Crippen LogP contribution in [-0.4, -0.2) is 22.5 Å². The lowest BCUT2D eigenvalue weighted by molar-refractivity contribution is 0.0521. The van der Waals surface area contributed by atoms with Crippen molar-refractivity contribution in [3.63, 3.8) is 0 Å². The highest BCUT2D eigenvalue weighted by molar-refractivity contribution is 6.31. The Kier molecular flexibility index (Phi) is 4.21. The number of benzene rings is 2. The van der Waals surface area contributed by atoms with E-state index in [1.165, 1.54) is 18.5 Å². The van der Waals surface area contributed by atoms with Crippen LogP contribution in [0.5, 0.6) is 0 Å². The molecule has 0 saturated heterocycles. The molecule has 0 fully saturated rings. The number of rotatable bonds is 3. The maximum absolute atomic E-state index is 14.2. The molecule has 0 aliphatic rings. The lowest BCUT2D eigenvalue weighted by Crippen LogP contribution is -2.07. The molecule has 116 valence electrons. The van der Waals surface area contributed by atoms with Gasteiger partial charge in [-0.2, -0.15) is 0 Å². The average Bonchev–Trinajstić information content (AvgIpc) is 2.54. The fraction of sp³-hybridized carbons (Fsp3) is 0.118. The summed E-state index contributed by atoms with van der Waals surface area (Å²) < 4.78 is 19.0. The molecule has 0 spiro atoms. The van der Waals surface area contributed by atoms with Crippen molar-refractivity contribution in [1.29, 1.82) is 0 Å². The maximum Gasteiger partial charge on any atom is 0.341 e. The Morgan fingerprint density at radius 3 is 2.78 bits per heavy atom. The standard InChI is InChI=1S/C17H12ClFN2O2/c1-2-23-17(22)12-5-3-10(7-14(12)19)16-13-8-11(18)4-6-15(13)20-9-21-16/h3-9H,2H2,1H3. The number of esters is 1. The van der Waals surface area contributed by atoms with Crippen molar-refractivity contribution in [1.82, 2.24) is 9.97 Å². The van der Waals surface area contributed by atoms with Gasteiger partial charge in [-0.3, -0.25) is 0 Å². The van der Waals surface area contributed by atoms with Gasteiger partial charge in [0.2, 0.25) is 0 Å². The van der Waals surface area contributed by atoms with Crippen LogP contribution in [0.4, 0.5) is 4.39 Å². The third-order valence-electron chi connectivity index (χ3n) is 3.34. The SMILES string of the molecule is CCOC(=O)c1ccc(-c2ncnc3ccc(Cl)cc23)cc1F. The van der Waals surface area contributed by atoms with Crippen molar-refractivity contribution in [3.05, 3.63) is 59.1 Å². The Morgan fingerprint density at radius 1 is 1.22 bits per heavy atom. The monoisotopic (exact) mass is 330 g/mol. The third-order valence-corrected chi connectivity index (χ3v) is 3.57. The van der Waals surface area contributed by atoms with Gasteiger partial charge in [0.1, 0.15) is 12.1 Å². The maximum atomic E-state index is 14.2. The predicted molar refractivity (Wildman–Crippen MR) is 85.9 cm³/mol. The van der Waals surface area contributed by atoms with Crippen LogP contribution in [0.2, 0.25) is 5.02 Å². The molecule has 2 aromatic carbocycles. The molecule has 0 saturated carbocycles. The number of halogens is 2. The number of ether oxygens (including phenoxy) is 1. The molecule has 0 bridgehead atoms. The van der Waals surface area contributed by atoms with Crippen LogP contribution in [0.3, 0.4) is 0 Å². The smallest absolute Gasteiger partial charge is 0.341 e. The summed E-state index contributed by atoms with van der Waals surface area (Å²) in [7, 11) is 0. The first kappa shape index (κ1) is 15.4. The third kappa shape index (κ3) is 3.00. The normalized spacial score (nSPS) is 10.7.